The Bertz CT molecular complexity index is 889. The van der Waals surface area contributed by atoms with Gasteiger partial charge in [0.1, 0.15) is 0 Å². The fourth-order valence-electron chi connectivity index (χ4n) is 4.87. The van der Waals surface area contributed by atoms with Crippen molar-refractivity contribution < 1.29 is 22.7 Å². The van der Waals surface area contributed by atoms with E-state index in [2.05, 4.69) is 24.3 Å². The lowest BCUT2D eigenvalue weighted by Gasteiger charge is -2.43. The Kier molecular flexibility index (Phi) is 8.06. The van der Waals surface area contributed by atoms with Crippen molar-refractivity contribution in [3.63, 3.8) is 0 Å². The topological polar surface area (TPSA) is 88.2 Å². The summed E-state index contributed by atoms with van der Waals surface area (Å²) in [7, 11) is 3.51. The summed E-state index contributed by atoms with van der Waals surface area (Å²) in [6.45, 7) is 1.31. The molecule has 1 aliphatic carbocycles. The number of benzene rings is 1. The second-order valence-electron chi connectivity index (χ2n) is 9.09. The molecule has 2 fully saturated rings. The molecule has 1 heterocycles. The highest BCUT2D eigenvalue weighted by Crippen LogP contribution is 2.33. The number of rotatable bonds is 8. The fraction of sp³-hybridized carbons (Fsp3) is 0.696. The van der Waals surface area contributed by atoms with Crippen LogP contribution in [0.2, 0.25) is 0 Å². The summed E-state index contributed by atoms with van der Waals surface area (Å²) in [5.41, 5.74) is 0.0331. The maximum Gasteiger partial charge on any atom is 0.243 e. The van der Waals surface area contributed by atoms with Gasteiger partial charge in [0.2, 0.25) is 15.9 Å². The van der Waals surface area contributed by atoms with E-state index < -0.39 is 10.0 Å². The van der Waals surface area contributed by atoms with E-state index in [1.807, 2.05) is 0 Å². The van der Waals surface area contributed by atoms with Gasteiger partial charge in [-0.05, 0) is 51.9 Å². The molecule has 1 aromatic rings. The Labute approximate surface area is 192 Å². The van der Waals surface area contributed by atoms with Crippen molar-refractivity contribution in [1.82, 2.24) is 14.5 Å². The molecule has 1 aliphatic heterocycles. The number of hydrogen-bond donors (Lipinski definition) is 1. The van der Waals surface area contributed by atoms with Gasteiger partial charge in [-0.3, -0.25) is 4.79 Å². The Morgan fingerprint density at radius 2 is 1.72 bits per heavy atom. The van der Waals surface area contributed by atoms with Crippen LogP contribution in [0.3, 0.4) is 0 Å². The van der Waals surface area contributed by atoms with E-state index >= 15 is 0 Å². The monoisotopic (exact) mass is 467 g/mol. The van der Waals surface area contributed by atoms with Gasteiger partial charge in [-0.1, -0.05) is 19.3 Å². The number of piperidine rings is 1. The highest BCUT2D eigenvalue weighted by Gasteiger charge is 2.36. The zero-order valence-corrected chi connectivity index (χ0v) is 20.5. The van der Waals surface area contributed by atoms with Crippen LogP contribution in [-0.2, 0) is 14.8 Å². The van der Waals surface area contributed by atoms with Gasteiger partial charge in [-0.25, -0.2) is 8.42 Å². The molecule has 0 atom stereocenters. The molecule has 0 radical (unpaired) electrons. The maximum absolute atomic E-state index is 13.1. The van der Waals surface area contributed by atoms with Gasteiger partial charge in [0.05, 0.1) is 19.1 Å². The lowest BCUT2D eigenvalue weighted by Crippen LogP contribution is -2.55. The number of nitrogens with one attached hydrogen (secondary N) is 1. The van der Waals surface area contributed by atoms with E-state index in [1.54, 1.807) is 6.07 Å². The molecule has 0 bridgehead atoms. The fourth-order valence-corrected chi connectivity index (χ4v) is 6.36. The van der Waals surface area contributed by atoms with Crippen LogP contribution in [0.25, 0.3) is 0 Å². The normalized spacial score (nSPS) is 20.2. The minimum absolute atomic E-state index is 0.0331. The third kappa shape index (κ3) is 5.21. The molecule has 180 valence electrons. The molecule has 0 spiro atoms. The van der Waals surface area contributed by atoms with Crippen LogP contribution in [0.5, 0.6) is 11.5 Å². The van der Waals surface area contributed by atoms with Crippen molar-refractivity contribution in [2.45, 2.75) is 55.4 Å². The Hall–Kier alpha value is -1.84. The van der Waals surface area contributed by atoms with E-state index in [-0.39, 0.29) is 22.3 Å². The van der Waals surface area contributed by atoms with Gasteiger partial charge < -0.3 is 19.7 Å². The Balaban J connectivity index is 1.59. The molecule has 1 saturated heterocycles. The molecule has 0 aromatic heterocycles. The zero-order valence-electron chi connectivity index (χ0n) is 19.7. The van der Waals surface area contributed by atoms with Gasteiger partial charge >= 0.3 is 0 Å². The SMILES string of the molecule is COc1ccc(S(=O)(=O)N2CCC(C(=O)NCC3(N(C)C)CCCCC3)CC2)cc1OC. The number of methoxy groups -OCH3 is 2. The lowest BCUT2D eigenvalue weighted by atomic mass is 9.80. The van der Waals surface area contributed by atoms with Crippen molar-refractivity contribution in [3.05, 3.63) is 18.2 Å². The smallest absolute Gasteiger partial charge is 0.243 e. The van der Waals surface area contributed by atoms with E-state index in [1.165, 1.54) is 49.9 Å². The van der Waals surface area contributed by atoms with Crippen molar-refractivity contribution in [3.8, 4) is 11.5 Å². The predicted molar refractivity (Wildman–Crippen MR) is 124 cm³/mol. The number of amides is 1. The second kappa shape index (κ2) is 10.4. The van der Waals surface area contributed by atoms with E-state index in [9.17, 15) is 13.2 Å². The van der Waals surface area contributed by atoms with Crippen LogP contribution >= 0.6 is 0 Å². The van der Waals surface area contributed by atoms with Gasteiger partial charge in [0.25, 0.3) is 0 Å². The highest BCUT2D eigenvalue weighted by atomic mass is 32.2. The van der Waals surface area contributed by atoms with Crippen molar-refractivity contribution >= 4 is 15.9 Å². The largest absolute Gasteiger partial charge is 0.493 e. The van der Waals surface area contributed by atoms with Crippen LogP contribution in [0.15, 0.2) is 23.1 Å². The first kappa shape index (κ1) is 24.8. The summed E-state index contributed by atoms with van der Waals surface area (Å²) in [6.07, 6.45) is 6.89. The van der Waals surface area contributed by atoms with E-state index in [4.69, 9.17) is 9.47 Å². The molecule has 1 saturated carbocycles. The quantitative estimate of drug-likeness (QED) is 0.632. The Morgan fingerprint density at radius 3 is 2.28 bits per heavy atom. The molecule has 9 heteroatoms. The summed E-state index contributed by atoms with van der Waals surface area (Å²) in [5, 5.41) is 3.18. The average molecular weight is 468 g/mol. The van der Waals surface area contributed by atoms with Gasteiger partial charge in [0.15, 0.2) is 11.5 Å². The molecule has 1 amide bonds. The van der Waals surface area contributed by atoms with Gasteiger partial charge in [0, 0.05) is 37.2 Å². The summed E-state index contributed by atoms with van der Waals surface area (Å²) < 4.78 is 38.1. The molecule has 1 N–H and O–H groups in total. The number of hydrogen-bond acceptors (Lipinski definition) is 6. The van der Waals surface area contributed by atoms with Crippen molar-refractivity contribution in [2.75, 3.05) is 47.9 Å². The zero-order chi connectivity index (χ0) is 23.4. The van der Waals surface area contributed by atoms with Crippen LogP contribution in [0.1, 0.15) is 44.9 Å². The van der Waals surface area contributed by atoms with Crippen LogP contribution in [-0.4, -0.2) is 77.0 Å². The average Bonchev–Trinajstić information content (AvgIpc) is 2.82. The molecule has 8 nitrogen and oxygen atoms in total. The van der Waals surface area contributed by atoms with Crippen molar-refractivity contribution in [1.29, 1.82) is 0 Å². The van der Waals surface area contributed by atoms with E-state index in [0.717, 1.165) is 12.8 Å². The number of sulfonamides is 1. The minimum atomic E-state index is -3.66. The van der Waals surface area contributed by atoms with E-state index in [0.29, 0.717) is 44.0 Å². The molecule has 3 rings (SSSR count). The maximum atomic E-state index is 13.1. The minimum Gasteiger partial charge on any atom is -0.493 e. The van der Waals surface area contributed by atoms with Gasteiger partial charge in [-0.15, -0.1) is 0 Å². The standard InChI is InChI=1S/C23H37N3O5S/c1-25(2)23(12-6-5-7-13-23)17-24-22(27)18-10-14-26(15-11-18)32(28,29)19-8-9-20(30-3)21(16-19)31-4/h8-9,16,18H,5-7,10-15,17H2,1-4H3,(H,24,27). The number of ether oxygens (including phenoxy) is 2. The van der Waals surface area contributed by atoms with Crippen LogP contribution < -0.4 is 14.8 Å². The lowest BCUT2D eigenvalue weighted by molar-refractivity contribution is -0.126. The summed E-state index contributed by atoms with van der Waals surface area (Å²) in [4.78, 5) is 15.3. The van der Waals surface area contributed by atoms with Crippen LogP contribution in [0, 0.1) is 5.92 Å². The van der Waals surface area contributed by atoms with Crippen LogP contribution in [0.4, 0.5) is 0 Å². The molecule has 0 unspecified atom stereocenters. The summed E-state index contributed by atoms with van der Waals surface area (Å²) in [5.74, 6) is 0.741. The molecular weight excluding hydrogens is 430 g/mol. The highest BCUT2D eigenvalue weighted by molar-refractivity contribution is 7.89. The number of carbonyl (C=O) groups is 1. The second-order valence-corrected chi connectivity index (χ2v) is 11.0. The number of carbonyl (C=O) groups excluding carboxylic acids is 1. The molecule has 1 aromatic carbocycles. The number of nitrogens with zero attached hydrogens (tertiary/aromatic N) is 2. The van der Waals surface area contributed by atoms with Crippen molar-refractivity contribution in [2.24, 2.45) is 5.92 Å². The molecule has 32 heavy (non-hydrogen) atoms. The molecular formula is C23H37N3O5S. The first-order valence-electron chi connectivity index (χ1n) is 11.4. The first-order valence-corrected chi connectivity index (χ1v) is 12.8. The Morgan fingerprint density at radius 1 is 1.09 bits per heavy atom. The third-order valence-electron chi connectivity index (χ3n) is 7.14. The summed E-state index contributed by atoms with van der Waals surface area (Å²) in [6, 6.07) is 4.61. The number of likely N-dealkylation sites (N-methyl/N-ethyl adjacent to an activating group) is 1. The first-order chi connectivity index (χ1) is 15.2. The van der Waals surface area contributed by atoms with Gasteiger partial charge in [-0.2, -0.15) is 4.31 Å². The predicted octanol–water partition coefficient (Wildman–Crippen LogP) is 2.49. The molecule has 2 aliphatic rings. The summed E-state index contributed by atoms with van der Waals surface area (Å²) >= 11 is 0. The third-order valence-corrected chi connectivity index (χ3v) is 9.04.